The fourth-order valence-electron chi connectivity index (χ4n) is 2.70. The molecule has 152 valence electrons. The van der Waals surface area contributed by atoms with Gasteiger partial charge in [0, 0.05) is 6.54 Å². The van der Waals surface area contributed by atoms with Crippen LogP contribution in [0.3, 0.4) is 0 Å². The lowest BCUT2D eigenvalue weighted by Crippen LogP contribution is -2.34. The van der Waals surface area contributed by atoms with Crippen LogP contribution in [0.25, 0.3) is 16.6 Å². The molecule has 1 N–H and O–H groups in total. The molecule has 0 bridgehead atoms. The lowest BCUT2D eigenvalue weighted by molar-refractivity contribution is -0.120. The second kappa shape index (κ2) is 8.97. The summed E-state index contributed by atoms with van der Waals surface area (Å²) in [6.45, 7) is 6.34. The van der Waals surface area contributed by atoms with Gasteiger partial charge in [-0.15, -0.1) is 0 Å². The Morgan fingerprint density at radius 2 is 1.97 bits per heavy atom. The third kappa shape index (κ3) is 4.79. The van der Waals surface area contributed by atoms with E-state index in [-0.39, 0.29) is 16.5 Å². The van der Waals surface area contributed by atoms with E-state index in [9.17, 15) is 14.0 Å². The van der Waals surface area contributed by atoms with Crippen molar-refractivity contribution < 1.29 is 9.18 Å². The minimum Gasteiger partial charge on any atom is -0.355 e. The Morgan fingerprint density at radius 1 is 1.24 bits per heavy atom. The first-order chi connectivity index (χ1) is 13.8. The number of nitrogens with one attached hydrogen (secondary N) is 1. The number of carbonyl (C=O) groups excluding carboxylic acids is 1. The molecule has 0 aliphatic rings. The number of benzene rings is 2. The number of amides is 1. The van der Waals surface area contributed by atoms with Crippen LogP contribution in [0.4, 0.5) is 4.39 Å². The molecule has 0 spiro atoms. The molecule has 0 aliphatic heterocycles. The van der Waals surface area contributed by atoms with Crippen molar-refractivity contribution in [1.82, 2.24) is 14.9 Å². The molecule has 1 unspecified atom stereocenters. The number of halogens is 2. The quantitative estimate of drug-likeness (QED) is 0.461. The van der Waals surface area contributed by atoms with Crippen LogP contribution in [0.1, 0.15) is 20.8 Å². The maximum atomic E-state index is 13.6. The van der Waals surface area contributed by atoms with E-state index in [1.807, 2.05) is 13.8 Å². The molecule has 1 aromatic heterocycles. The Morgan fingerprint density at radius 3 is 2.66 bits per heavy atom. The number of fused-ring (bicyclic) bond motifs is 1. The summed E-state index contributed by atoms with van der Waals surface area (Å²) in [6, 6.07) is 11.0. The zero-order valence-electron chi connectivity index (χ0n) is 16.3. The molecule has 8 heteroatoms. The highest BCUT2D eigenvalue weighted by Gasteiger charge is 2.20. The number of aromatic nitrogens is 2. The van der Waals surface area contributed by atoms with E-state index in [2.05, 4.69) is 10.3 Å². The topological polar surface area (TPSA) is 64.0 Å². The minimum atomic E-state index is -0.576. The number of nitrogens with zero attached hydrogens (tertiary/aromatic N) is 2. The number of thioether (sulfide) groups is 1. The maximum Gasteiger partial charge on any atom is 0.266 e. The summed E-state index contributed by atoms with van der Waals surface area (Å²) >= 11 is 7.10. The van der Waals surface area contributed by atoms with Crippen LogP contribution in [0.15, 0.2) is 52.4 Å². The number of hydrogen-bond acceptors (Lipinski definition) is 4. The van der Waals surface area contributed by atoms with Crippen LogP contribution in [0.5, 0.6) is 0 Å². The lowest BCUT2D eigenvalue weighted by Gasteiger charge is -2.17. The van der Waals surface area contributed by atoms with E-state index in [0.717, 1.165) is 0 Å². The van der Waals surface area contributed by atoms with E-state index < -0.39 is 11.1 Å². The molecule has 0 aliphatic carbocycles. The van der Waals surface area contributed by atoms with Gasteiger partial charge in [0.05, 0.1) is 26.9 Å². The summed E-state index contributed by atoms with van der Waals surface area (Å²) in [5.41, 5.74) is 0.603. The summed E-state index contributed by atoms with van der Waals surface area (Å²) in [6.07, 6.45) is 0. The van der Waals surface area contributed by atoms with Gasteiger partial charge in [0.25, 0.3) is 5.56 Å². The average Bonchev–Trinajstić information content (AvgIpc) is 2.68. The van der Waals surface area contributed by atoms with Crippen molar-refractivity contribution in [2.75, 3.05) is 6.54 Å². The third-order valence-electron chi connectivity index (χ3n) is 4.24. The van der Waals surface area contributed by atoms with Crippen LogP contribution in [0, 0.1) is 11.7 Å². The second-order valence-electron chi connectivity index (χ2n) is 7.05. The Balaban J connectivity index is 2.08. The van der Waals surface area contributed by atoms with Crippen molar-refractivity contribution in [2.45, 2.75) is 31.2 Å². The van der Waals surface area contributed by atoms with Crippen molar-refractivity contribution in [1.29, 1.82) is 0 Å². The van der Waals surface area contributed by atoms with Crippen molar-refractivity contribution in [2.24, 2.45) is 5.92 Å². The third-order valence-corrected chi connectivity index (χ3v) is 5.58. The molecule has 0 saturated carbocycles. The van der Waals surface area contributed by atoms with Crippen molar-refractivity contribution in [3.05, 3.63) is 63.7 Å². The van der Waals surface area contributed by atoms with Crippen LogP contribution in [-0.4, -0.2) is 27.3 Å². The first-order valence-corrected chi connectivity index (χ1v) is 10.4. The van der Waals surface area contributed by atoms with E-state index in [1.54, 1.807) is 31.2 Å². The molecule has 1 atom stereocenters. The van der Waals surface area contributed by atoms with Crippen LogP contribution < -0.4 is 10.9 Å². The molecule has 0 saturated heterocycles. The molecule has 29 heavy (non-hydrogen) atoms. The van der Waals surface area contributed by atoms with Crippen molar-refractivity contribution in [3.63, 3.8) is 0 Å². The highest BCUT2D eigenvalue weighted by atomic mass is 35.5. The minimum absolute atomic E-state index is 0.0961. The SMILES string of the molecule is CC(C)CNC(=O)C(C)Sc1nc2ccccc2c(=O)n1-c1ccc(F)c(Cl)c1. The fraction of sp³-hybridized carbons (Fsp3) is 0.286. The van der Waals surface area contributed by atoms with Crippen LogP contribution >= 0.6 is 23.4 Å². The Bertz CT molecular complexity index is 1120. The summed E-state index contributed by atoms with van der Waals surface area (Å²) < 4.78 is 15.0. The van der Waals surface area contributed by atoms with E-state index in [4.69, 9.17) is 11.6 Å². The predicted molar refractivity (Wildman–Crippen MR) is 115 cm³/mol. The van der Waals surface area contributed by atoms with Crippen LogP contribution in [0.2, 0.25) is 5.02 Å². The summed E-state index contributed by atoms with van der Waals surface area (Å²) in [7, 11) is 0. The number of rotatable bonds is 6. The van der Waals surface area contributed by atoms with Gasteiger partial charge in [-0.3, -0.25) is 14.2 Å². The molecular formula is C21H21ClFN3O2S. The molecule has 1 amide bonds. The second-order valence-corrected chi connectivity index (χ2v) is 8.76. The largest absolute Gasteiger partial charge is 0.355 e. The monoisotopic (exact) mass is 433 g/mol. The lowest BCUT2D eigenvalue weighted by atomic mass is 10.2. The smallest absolute Gasteiger partial charge is 0.266 e. The van der Waals surface area contributed by atoms with Gasteiger partial charge in [-0.05, 0) is 43.2 Å². The highest BCUT2D eigenvalue weighted by molar-refractivity contribution is 8.00. The van der Waals surface area contributed by atoms with Crippen molar-refractivity contribution >= 4 is 40.2 Å². The zero-order valence-corrected chi connectivity index (χ0v) is 17.9. The Hall–Kier alpha value is -2.38. The van der Waals surface area contributed by atoms with Gasteiger partial charge in [0.2, 0.25) is 5.91 Å². The van der Waals surface area contributed by atoms with E-state index in [1.165, 1.54) is 34.5 Å². The summed E-state index contributed by atoms with van der Waals surface area (Å²) in [5.74, 6) is -0.392. The van der Waals surface area contributed by atoms with Crippen LogP contribution in [-0.2, 0) is 4.79 Å². The van der Waals surface area contributed by atoms with Gasteiger partial charge >= 0.3 is 0 Å². The standard InChI is InChI=1S/C21H21ClFN3O2S/c1-12(2)11-24-19(27)13(3)29-21-25-18-7-5-4-6-15(18)20(28)26(21)14-8-9-17(23)16(22)10-14/h4-10,12-13H,11H2,1-3H3,(H,24,27). The van der Waals surface area contributed by atoms with Gasteiger partial charge in [0.1, 0.15) is 5.82 Å². The molecule has 0 fully saturated rings. The summed E-state index contributed by atoms with van der Waals surface area (Å²) in [4.78, 5) is 30.2. The molecule has 2 aromatic carbocycles. The Labute approximate surface area is 177 Å². The van der Waals surface area contributed by atoms with Gasteiger partial charge in [-0.25, -0.2) is 9.37 Å². The van der Waals surface area contributed by atoms with Crippen molar-refractivity contribution in [3.8, 4) is 5.69 Å². The molecule has 3 aromatic rings. The van der Waals surface area contributed by atoms with Gasteiger partial charge < -0.3 is 5.32 Å². The zero-order chi connectivity index (χ0) is 21.1. The van der Waals surface area contributed by atoms with E-state index in [0.29, 0.717) is 34.2 Å². The van der Waals surface area contributed by atoms with Gasteiger partial charge in [-0.1, -0.05) is 49.3 Å². The average molecular weight is 434 g/mol. The molecule has 5 nitrogen and oxygen atoms in total. The molecule has 0 radical (unpaired) electrons. The highest BCUT2D eigenvalue weighted by Crippen LogP contribution is 2.27. The normalized spacial score (nSPS) is 12.3. The molecule has 3 rings (SSSR count). The maximum absolute atomic E-state index is 13.6. The van der Waals surface area contributed by atoms with Gasteiger partial charge in [0.15, 0.2) is 5.16 Å². The fourth-order valence-corrected chi connectivity index (χ4v) is 3.83. The van der Waals surface area contributed by atoms with E-state index >= 15 is 0 Å². The first-order valence-electron chi connectivity index (χ1n) is 9.19. The predicted octanol–water partition coefficient (Wildman–Crippen LogP) is 4.43. The van der Waals surface area contributed by atoms with Gasteiger partial charge in [-0.2, -0.15) is 0 Å². The molecule has 1 heterocycles. The first kappa shape index (κ1) is 21.3. The summed E-state index contributed by atoms with van der Waals surface area (Å²) in [5, 5.41) is 3.07. The number of carbonyl (C=O) groups is 1. The Kier molecular flexibility index (Phi) is 6.59. The molecular weight excluding hydrogens is 413 g/mol. The number of hydrogen-bond donors (Lipinski definition) is 1. The number of para-hydroxylation sites is 1.